The van der Waals surface area contributed by atoms with E-state index in [1.807, 2.05) is 12.1 Å². The molecule has 0 amide bonds. The number of unbranched alkanes of at least 4 members (excludes halogenated alkanes) is 8. The third-order valence-electron chi connectivity index (χ3n) is 5.73. The molecule has 0 aromatic heterocycles. The fourth-order valence-electron chi connectivity index (χ4n) is 3.92. The zero-order valence-corrected chi connectivity index (χ0v) is 19.0. The Morgan fingerprint density at radius 1 is 0.714 bits per heavy atom. The fourth-order valence-corrected chi connectivity index (χ4v) is 4.40. The molecule has 28 heavy (non-hydrogen) atoms. The second-order valence-corrected chi connectivity index (χ2v) is 9.70. The van der Waals surface area contributed by atoms with Crippen molar-refractivity contribution < 1.29 is 13.0 Å². The molecule has 1 aromatic rings. The monoisotopic (exact) mass is 410 g/mol. The molecule has 1 N–H and O–H groups in total. The van der Waals surface area contributed by atoms with E-state index in [0.29, 0.717) is 0 Å². The van der Waals surface area contributed by atoms with Crippen LogP contribution in [0.2, 0.25) is 0 Å². The van der Waals surface area contributed by atoms with Crippen molar-refractivity contribution in [3.05, 3.63) is 29.8 Å². The van der Waals surface area contributed by atoms with Crippen LogP contribution in [0.1, 0.15) is 109 Å². The summed E-state index contributed by atoms with van der Waals surface area (Å²) in [6.07, 6.45) is 19.8. The maximum absolute atomic E-state index is 11.1. The van der Waals surface area contributed by atoms with E-state index in [9.17, 15) is 8.42 Å². The molecule has 3 nitrogen and oxygen atoms in total. The maximum atomic E-state index is 11.1. The van der Waals surface area contributed by atoms with E-state index >= 15 is 0 Å². The zero-order valence-electron chi connectivity index (χ0n) is 18.2. The van der Waals surface area contributed by atoms with E-state index in [0.717, 1.165) is 24.3 Å². The van der Waals surface area contributed by atoms with Gasteiger partial charge in [0.25, 0.3) is 10.1 Å². The topological polar surface area (TPSA) is 54.4 Å². The lowest BCUT2D eigenvalue weighted by Crippen LogP contribution is -2.02. The predicted molar refractivity (Wildman–Crippen MR) is 119 cm³/mol. The molecule has 0 fully saturated rings. The van der Waals surface area contributed by atoms with E-state index < -0.39 is 10.1 Å². The van der Waals surface area contributed by atoms with Crippen molar-refractivity contribution in [3.8, 4) is 0 Å². The molecule has 0 radical (unpaired) electrons. The average molecular weight is 411 g/mol. The van der Waals surface area contributed by atoms with Gasteiger partial charge in [-0.05, 0) is 36.5 Å². The molecule has 0 aliphatic carbocycles. The smallest absolute Gasteiger partial charge is 0.282 e. The number of rotatable bonds is 17. The number of aryl methyl sites for hydroxylation is 1. The van der Waals surface area contributed by atoms with Crippen molar-refractivity contribution in [1.29, 1.82) is 0 Å². The van der Waals surface area contributed by atoms with Crippen molar-refractivity contribution in [1.82, 2.24) is 0 Å². The Morgan fingerprint density at radius 3 is 1.71 bits per heavy atom. The van der Waals surface area contributed by atoms with E-state index in [2.05, 4.69) is 13.8 Å². The first kappa shape index (κ1) is 25.2. The Labute approximate surface area is 174 Å². The molecule has 0 aliphatic heterocycles. The number of benzene rings is 1. The van der Waals surface area contributed by atoms with Crippen LogP contribution in [0.5, 0.6) is 0 Å². The summed E-state index contributed by atoms with van der Waals surface area (Å²) >= 11 is 0. The van der Waals surface area contributed by atoms with Crippen LogP contribution in [0.4, 0.5) is 0 Å². The second kappa shape index (κ2) is 15.0. The van der Waals surface area contributed by atoms with Gasteiger partial charge in [0.2, 0.25) is 0 Å². The van der Waals surface area contributed by atoms with Gasteiger partial charge in [-0.3, -0.25) is 4.55 Å². The third kappa shape index (κ3) is 11.9. The quantitative estimate of drug-likeness (QED) is 0.212. The van der Waals surface area contributed by atoms with Gasteiger partial charge < -0.3 is 0 Å². The largest absolute Gasteiger partial charge is 0.294 e. The Hall–Kier alpha value is -0.870. The van der Waals surface area contributed by atoms with E-state index in [1.54, 1.807) is 0 Å². The number of hydrogen-bond acceptors (Lipinski definition) is 2. The second-order valence-electron chi connectivity index (χ2n) is 8.28. The third-order valence-corrected chi connectivity index (χ3v) is 6.60. The lowest BCUT2D eigenvalue weighted by molar-refractivity contribution is 0.369. The summed E-state index contributed by atoms with van der Waals surface area (Å²) in [6, 6.07) is 6.61. The minimum absolute atomic E-state index is 0.0230. The van der Waals surface area contributed by atoms with Gasteiger partial charge in [0.1, 0.15) is 0 Å². The molecule has 162 valence electrons. The SMILES string of the molecule is CCCCCCCC(CCCCC)CCCCCc1ccc(S(=O)(=O)O)cc1. The van der Waals surface area contributed by atoms with Gasteiger partial charge in [-0.25, -0.2) is 0 Å². The van der Waals surface area contributed by atoms with Crippen LogP contribution >= 0.6 is 0 Å². The molecule has 0 saturated carbocycles. The summed E-state index contributed by atoms with van der Waals surface area (Å²) < 4.78 is 31.2. The van der Waals surface area contributed by atoms with Gasteiger partial charge in [0.15, 0.2) is 0 Å². The molecular weight excluding hydrogens is 368 g/mol. The molecule has 1 unspecified atom stereocenters. The van der Waals surface area contributed by atoms with Gasteiger partial charge in [-0.15, -0.1) is 0 Å². The minimum atomic E-state index is -4.08. The molecule has 1 rings (SSSR count). The van der Waals surface area contributed by atoms with E-state index in [4.69, 9.17) is 4.55 Å². The van der Waals surface area contributed by atoms with Crippen molar-refractivity contribution in [2.24, 2.45) is 5.92 Å². The van der Waals surface area contributed by atoms with E-state index in [1.165, 1.54) is 95.6 Å². The van der Waals surface area contributed by atoms with Crippen molar-refractivity contribution >= 4 is 10.1 Å². The average Bonchev–Trinajstić information content (AvgIpc) is 2.67. The van der Waals surface area contributed by atoms with Gasteiger partial charge >= 0.3 is 0 Å². The molecular formula is C24H42O3S. The lowest BCUT2D eigenvalue weighted by Gasteiger charge is -2.17. The summed E-state index contributed by atoms with van der Waals surface area (Å²) in [7, 11) is -4.08. The van der Waals surface area contributed by atoms with Crippen LogP contribution in [0.3, 0.4) is 0 Å². The van der Waals surface area contributed by atoms with Gasteiger partial charge in [0, 0.05) is 0 Å². The zero-order chi connectivity index (χ0) is 20.7. The first-order chi connectivity index (χ1) is 13.5. The molecule has 1 aromatic carbocycles. The molecule has 0 spiro atoms. The Balaban J connectivity index is 2.25. The highest BCUT2D eigenvalue weighted by Crippen LogP contribution is 2.24. The van der Waals surface area contributed by atoms with E-state index in [-0.39, 0.29) is 4.90 Å². The van der Waals surface area contributed by atoms with Gasteiger partial charge in [-0.2, -0.15) is 8.42 Å². The summed E-state index contributed by atoms with van der Waals surface area (Å²) in [5, 5.41) is 0. The molecule has 4 heteroatoms. The Kier molecular flexibility index (Phi) is 13.5. The summed E-state index contributed by atoms with van der Waals surface area (Å²) in [6.45, 7) is 4.55. The Bertz CT molecular complexity index is 593. The van der Waals surface area contributed by atoms with Crippen LogP contribution in [-0.4, -0.2) is 13.0 Å². The van der Waals surface area contributed by atoms with Crippen molar-refractivity contribution in [2.75, 3.05) is 0 Å². The standard InChI is InChI=1S/C24H42O3S/c1-3-5-7-8-11-15-22(14-10-6-4-2)16-12-9-13-17-23-18-20-24(21-19-23)28(25,26)27/h18-22H,3-17H2,1-2H3,(H,25,26,27). The van der Waals surface area contributed by atoms with Crippen LogP contribution < -0.4 is 0 Å². The summed E-state index contributed by atoms with van der Waals surface area (Å²) in [5.74, 6) is 0.905. The first-order valence-corrected chi connectivity index (χ1v) is 13.0. The summed E-state index contributed by atoms with van der Waals surface area (Å²) in [5.41, 5.74) is 1.14. The molecule has 1 atom stereocenters. The number of hydrogen-bond donors (Lipinski definition) is 1. The normalized spacial score (nSPS) is 13.0. The van der Waals surface area contributed by atoms with Crippen LogP contribution in [0, 0.1) is 5.92 Å². The Morgan fingerprint density at radius 2 is 1.18 bits per heavy atom. The molecule has 0 aliphatic rings. The van der Waals surface area contributed by atoms with Crippen LogP contribution in [-0.2, 0) is 16.5 Å². The molecule has 0 saturated heterocycles. The van der Waals surface area contributed by atoms with Crippen molar-refractivity contribution in [2.45, 2.75) is 115 Å². The highest BCUT2D eigenvalue weighted by molar-refractivity contribution is 7.85. The highest BCUT2D eigenvalue weighted by atomic mass is 32.2. The lowest BCUT2D eigenvalue weighted by atomic mass is 9.89. The maximum Gasteiger partial charge on any atom is 0.294 e. The first-order valence-electron chi connectivity index (χ1n) is 11.5. The molecule has 0 bridgehead atoms. The molecule has 0 heterocycles. The summed E-state index contributed by atoms with van der Waals surface area (Å²) in [4.78, 5) is -0.0230. The predicted octanol–water partition coefficient (Wildman–Crippen LogP) is 7.59. The fraction of sp³-hybridized carbons (Fsp3) is 0.750. The minimum Gasteiger partial charge on any atom is -0.282 e. The van der Waals surface area contributed by atoms with Gasteiger partial charge in [-0.1, -0.05) is 109 Å². The van der Waals surface area contributed by atoms with Crippen molar-refractivity contribution in [3.63, 3.8) is 0 Å². The van der Waals surface area contributed by atoms with Gasteiger partial charge in [0.05, 0.1) is 4.90 Å². The van der Waals surface area contributed by atoms with Crippen LogP contribution in [0.25, 0.3) is 0 Å². The van der Waals surface area contributed by atoms with Crippen LogP contribution in [0.15, 0.2) is 29.2 Å². The highest BCUT2D eigenvalue weighted by Gasteiger charge is 2.10.